The van der Waals surface area contributed by atoms with Crippen molar-refractivity contribution in [1.29, 1.82) is 0 Å². The highest BCUT2D eigenvalue weighted by atomic mass is 35.5. The van der Waals surface area contributed by atoms with Crippen molar-refractivity contribution in [3.05, 3.63) is 145 Å². The first kappa shape index (κ1) is 45.9. The third-order valence-electron chi connectivity index (χ3n) is 13.7. The molecule has 9 rings (SSSR count). The van der Waals surface area contributed by atoms with Gasteiger partial charge in [-0.2, -0.15) is 10.2 Å². The van der Waals surface area contributed by atoms with Gasteiger partial charge < -0.3 is 5.32 Å². The Morgan fingerprint density at radius 3 is 2.09 bits per heavy atom. The predicted molar refractivity (Wildman–Crippen MR) is 260 cm³/mol. The molecule has 9 nitrogen and oxygen atoms in total. The van der Waals surface area contributed by atoms with Crippen molar-refractivity contribution in [2.45, 2.75) is 92.7 Å². The molecule has 334 valence electrons. The van der Waals surface area contributed by atoms with E-state index in [0.717, 1.165) is 70.2 Å². The van der Waals surface area contributed by atoms with Gasteiger partial charge in [0.2, 0.25) is 0 Å². The molecule has 3 aliphatic rings. The molecule has 0 spiro atoms. The number of aromatic nitrogens is 4. The SMILES string of the molecule is Cc1c(C(=O)NN2CCCCC2)nn(-c2ccc(Cl)cc2Cl)c1-c1ccc(Cl)cc1.Cc1ccc(Cn2nc(C(=O)NC3C4(C)CCC(C4)C3(C)C)cc2-c2ccc(Cl)c(C)c2)cc1. The molecule has 64 heavy (non-hydrogen) atoms. The highest BCUT2D eigenvalue weighted by Crippen LogP contribution is 2.62. The number of carbonyl (C=O) groups excluding carboxylic acids is 2. The normalized spacial score (nSPS) is 20.2. The summed E-state index contributed by atoms with van der Waals surface area (Å²) in [5.41, 5.74) is 12.5. The standard InChI is InChI=1S/C29H34ClN3O.C22H21Cl3N4O/c1-18-6-8-20(9-7-18)17-33-25(21-10-11-23(30)19(2)14-21)15-24(32-33)26(34)31-27-28(3,4)22-12-13-29(27,5)16-22;1-14-20(22(30)27-28-11-3-2-4-12-28)26-29(19-10-9-17(24)13-18(19)25)21(14)15-5-7-16(23)8-6-15/h6-11,14-15,22,27H,12-13,16-17H2,1-5H3,(H,31,34);5-10,13H,2-4,11-12H2,1H3,(H,27,30). The first-order valence-electron chi connectivity index (χ1n) is 22.1. The zero-order valence-corrected chi connectivity index (χ0v) is 40.3. The van der Waals surface area contributed by atoms with Crippen LogP contribution < -0.4 is 10.7 Å². The number of nitrogens with one attached hydrogen (secondary N) is 2. The van der Waals surface area contributed by atoms with Crippen molar-refractivity contribution < 1.29 is 9.59 Å². The highest BCUT2D eigenvalue weighted by Gasteiger charge is 2.59. The van der Waals surface area contributed by atoms with E-state index in [4.69, 9.17) is 51.5 Å². The second-order valence-electron chi connectivity index (χ2n) is 18.7. The van der Waals surface area contributed by atoms with Crippen LogP contribution in [0.5, 0.6) is 0 Å². The molecule has 3 atom stereocenters. The summed E-state index contributed by atoms with van der Waals surface area (Å²) in [6, 6.07) is 29.1. The van der Waals surface area contributed by atoms with Crippen LogP contribution in [0.25, 0.3) is 28.2 Å². The maximum absolute atomic E-state index is 13.5. The lowest BCUT2D eigenvalue weighted by molar-refractivity contribution is 0.0730. The zero-order chi connectivity index (χ0) is 45.5. The molecule has 6 aromatic rings. The van der Waals surface area contributed by atoms with Crippen LogP contribution in [0.3, 0.4) is 0 Å². The summed E-state index contributed by atoms with van der Waals surface area (Å²) >= 11 is 24.9. The molecule has 3 heterocycles. The van der Waals surface area contributed by atoms with E-state index in [-0.39, 0.29) is 28.7 Å². The highest BCUT2D eigenvalue weighted by molar-refractivity contribution is 6.35. The van der Waals surface area contributed by atoms with Gasteiger partial charge in [0.05, 0.1) is 28.6 Å². The molecular formula is C51H55Cl4N7O2. The molecule has 3 unspecified atom stereocenters. The molecular weight excluding hydrogens is 884 g/mol. The number of hydrogen-bond acceptors (Lipinski definition) is 5. The van der Waals surface area contributed by atoms with Gasteiger partial charge in [-0.3, -0.25) is 19.7 Å². The minimum absolute atomic E-state index is 0.0820. The molecule has 3 fully saturated rings. The van der Waals surface area contributed by atoms with E-state index in [0.29, 0.717) is 44.6 Å². The topological polar surface area (TPSA) is 97.1 Å². The molecule has 2 bridgehead atoms. The summed E-state index contributed by atoms with van der Waals surface area (Å²) in [4.78, 5) is 26.6. The average molecular weight is 940 g/mol. The largest absolute Gasteiger partial charge is 0.347 e. The number of hydrogen-bond donors (Lipinski definition) is 2. The van der Waals surface area contributed by atoms with E-state index in [1.807, 2.05) is 66.0 Å². The van der Waals surface area contributed by atoms with Crippen LogP contribution in [0, 0.1) is 37.5 Å². The molecule has 2 aliphatic carbocycles. The van der Waals surface area contributed by atoms with Crippen LogP contribution in [-0.2, 0) is 6.54 Å². The lowest BCUT2D eigenvalue weighted by atomic mass is 9.68. The van der Waals surface area contributed by atoms with Gasteiger partial charge in [0.25, 0.3) is 11.8 Å². The van der Waals surface area contributed by atoms with Crippen LogP contribution in [0.1, 0.15) is 103 Å². The maximum atomic E-state index is 13.5. The zero-order valence-electron chi connectivity index (χ0n) is 37.2. The molecule has 2 aromatic heterocycles. The Hall–Kier alpha value is -4.64. The second kappa shape index (κ2) is 18.7. The van der Waals surface area contributed by atoms with Gasteiger partial charge in [0.1, 0.15) is 0 Å². The molecule has 0 radical (unpaired) electrons. The van der Waals surface area contributed by atoms with E-state index in [2.05, 4.69) is 73.9 Å². The molecule has 4 aromatic carbocycles. The van der Waals surface area contributed by atoms with Gasteiger partial charge in [-0.1, -0.05) is 122 Å². The number of rotatable bonds is 9. The van der Waals surface area contributed by atoms with Crippen LogP contribution >= 0.6 is 46.4 Å². The van der Waals surface area contributed by atoms with Gasteiger partial charge in [0, 0.05) is 50.9 Å². The molecule has 1 saturated heterocycles. The van der Waals surface area contributed by atoms with Crippen molar-refractivity contribution in [1.82, 2.24) is 35.3 Å². The lowest BCUT2D eigenvalue weighted by Gasteiger charge is -2.42. The number of hydrazine groups is 1. The fourth-order valence-electron chi connectivity index (χ4n) is 10.1. The predicted octanol–water partition coefficient (Wildman–Crippen LogP) is 12.8. The molecule has 2 amide bonds. The van der Waals surface area contributed by atoms with E-state index in [9.17, 15) is 9.59 Å². The fourth-order valence-corrected chi connectivity index (χ4v) is 10.8. The van der Waals surface area contributed by atoms with E-state index in [1.54, 1.807) is 22.9 Å². The van der Waals surface area contributed by atoms with Crippen molar-refractivity contribution in [3.63, 3.8) is 0 Å². The molecule has 13 heteroatoms. The minimum Gasteiger partial charge on any atom is -0.347 e. The number of benzene rings is 4. The Morgan fingerprint density at radius 2 is 1.44 bits per heavy atom. The van der Waals surface area contributed by atoms with Crippen LogP contribution in [0.4, 0.5) is 0 Å². The maximum Gasteiger partial charge on any atom is 0.286 e. The summed E-state index contributed by atoms with van der Waals surface area (Å²) in [7, 11) is 0. The van der Waals surface area contributed by atoms with Crippen LogP contribution in [-0.4, -0.2) is 55.5 Å². The number of carbonyl (C=O) groups is 2. The summed E-state index contributed by atoms with van der Waals surface area (Å²) < 4.78 is 3.64. The van der Waals surface area contributed by atoms with Gasteiger partial charge in [-0.05, 0) is 129 Å². The van der Waals surface area contributed by atoms with Crippen LogP contribution in [0.2, 0.25) is 20.1 Å². The number of halogens is 4. The Morgan fingerprint density at radius 1 is 0.750 bits per heavy atom. The fraction of sp³-hybridized carbons (Fsp3) is 0.373. The van der Waals surface area contributed by atoms with Gasteiger partial charge in [0.15, 0.2) is 11.4 Å². The second-order valence-corrected chi connectivity index (χ2v) is 20.4. The van der Waals surface area contributed by atoms with Gasteiger partial charge >= 0.3 is 0 Å². The van der Waals surface area contributed by atoms with Crippen molar-refractivity contribution >= 4 is 58.2 Å². The number of fused-ring (bicyclic) bond motifs is 2. The van der Waals surface area contributed by atoms with E-state index >= 15 is 0 Å². The minimum atomic E-state index is -0.228. The van der Waals surface area contributed by atoms with Crippen molar-refractivity contribution in [3.8, 4) is 28.2 Å². The molecule has 1 aliphatic heterocycles. The van der Waals surface area contributed by atoms with Crippen LogP contribution in [0.15, 0.2) is 91.0 Å². The van der Waals surface area contributed by atoms with Gasteiger partial charge in [-0.25, -0.2) is 9.69 Å². The first-order valence-corrected chi connectivity index (χ1v) is 23.6. The number of nitrogens with zero attached hydrogens (tertiary/aromatic N) is 5. The Kier molecular flexibility index (Phi) is 13.4. The number of amides is 2. The third-order valence-corrected chi connectivity index (χ3v) is 14.9. The van der Waals surface area contributed by atoms with E-state index < -0.39 is 0 Å². The monoisotopic (exact) mass is 937 g/mol. The molecule has 2 saturated carbocycles. The Labute approximate surface area is 396 Å². The third kappa shape index (κ3) is 9.52. The molecule has 2 N–H and O–H groups in total. The Balaban J connectivity index is 0.000000176. The average Bonchev–Trinajstić information content (AvgIpc) is 4.01. The first-order chi connectivity index (χ1) is 30.5. The Bertz CT molecular complexity index is 2680. The summed E-state index contributed by atoms with van der Waals surface area (Å²) in [6.45, 7) is 15.2. The number of piperidine rings is 1. The number of aryl methyl sites for hydroxylation is 2. The van der Waals surface area contributed by atoms with Crippen molar-refractivity contribution in [2.24, 2.45) is 16.7 Å². The smallest absolute Gasteiger partial charge is 0.286 e. The van der Waals surface area contributed by atoms with E-state index in [1.165, 1.54) is 31.2 Å². The van der Waals surface area contributed by atoms with Crippen molar-refractivity contribution in [2.75, 3.05) is 13.1 Å². The summed E-state index contributed by atoms with van der Waals surface area (Å²) in [5.74, 6) is 0.365. The quantitative estimate of drug-likeness (QED) is 0.150. The lowest BCUT2D eigenvalue weighted by Crippen LogP contribution is -2.52. The van der Waals surface area contributed by atoms with Gasteiger partial charge in [-0.15, -0.1) is 0 Å². The summed E-state index contributed by atoms with van der Waals surface area (Å²) in [6.07, 6.45) is 6.98. The summed E-state index contributed by atoms with van der Waals surface area (Å²) in [5, 5.41) is 17.2.